The lowest BCUT2D eigenvalue weighted by atomic mass is 10.1. The van der Waals surface area contributed by atoms with Gasteiger partial charge in [0, 0.05) is 0 Å². The van der Waals surface area contributed by atoms with Gasteiger partial charge in [-0.05, 0) is 47.9 Å². The number of benzene rings is 3. The van der Waals surface area contributed by atoms with Crippen LogP contribution in [0.2, 0.25) is 0 Å². The smallest absolute Gasteiger partial charge is 0.416 e. The highest BCUT2D eigenvalue weighted by Gasteiger charge is 2.30. The second-order valence-electron chi connectivity index (χ2n) is 6.95. The summed E-state index contributed by atoms with van der Waals surface area (Å²) in [5.41, 5.74) is 1.39. The number of hydrogen-bond donors (Lipinski definition) is 2. The van der Waals surface area contributed by atoms with Crippen LogP contribution in [0, 0.1) is 6.92 Å². The molecule has 0 heterocycles. The predicted octanol–water partition coefficient (Wildman–Crippen LogP) is 6.17. The number of carboxylic acid groups (broad SMARTS) is 1. The number of hydrogen-bond acceptors (Lipinski definition) is 3. The molecule has 0 radical (unpaired) electrons. The highest BCUT2D eigenvalue weighted by molar-refractivity contribution is 5.93. The van der Waals surface area contributed by atoms with E-state index < -0.39 is 23.5 Å². The Morgan fingerprint density at radius 1 is 1.00 bits per heavy atom. The molecule has 0 saturated heterocycles. The summed E-state index contributed by atoms with van der Waals surface area (Å²) < 4.78 is 44.3. The Hall–Kier alpha value is -3.74. The maximum Gasteiger partial charge on any atom is 0.416 e. The summed E-state index contributed by atoms with van der Waals surface area (Å²) in [7, 11) is 0. The fourth-order valence-corrected chi connectivity index (χ4v) is 2.85. The third kappa shape index (κ3) is 5.66. The van der Waals surface area contributed by atoms with E-state index in [1.54, 1.807) is 0 Å². The summed E-state index contributed by atoms with van der Waals surface area (Å²) in [5.74, 6) is -1.91. The lowest BCUT2D eigenvalue weighted by molar-refractivity contribution is -0.137. The average Bonchev–Trinajstić information content (AvgIpc) is 2.72. The zero-order valence-corrected chi connectivity index (χ0v) is 16.5. The van der Waals surface area contributed by atoms with Gasteiger partial charge in [0.15, 0.2) is 11.5 Å². The maximum absolute atomic E-state index is 12.9. The second-order valence-corrected chi connectivity index (χ2v) is 6.95. The Labute approximate surface area is 176 Å². The molecule has 4 nitrogen and oxygen atoms in total. The molecular weight excluding hydrogens is 409 g/mol. The van der Waals surface area contributed by atoms with E-state index in [2.05, 4.69) is 0 Å². The average molecular weight is 428 g/mol. The number of phenols is 1. The monoisotopic (exact) mass is 428 g/mol. The lowest BCUT2D eigenvalue weighted by Gasteiger charge is -2.12. The van der Waals surface area contributed by atoms with Crippen molar-refractivity contribution in [1.29, 1.82) is 0 Å². The zero-order chi connectivity index (χ0) is 22.6. The van der Waals surface area contributed by atoms with Gasteiger partial charge in [-0.1, -0.05) is 54.1 Å². The van der Waals surface area contributed by atoms with E-state index in [9.17, 15) is 28.2 Å². The summed E-state index contributed by atoms with van der Waals surface area (Å²) in [6.45, 7) is 2.05. The van der Waals surface area contributed by atoms with Crippen LogP contribution >= 0.6 is 0 Å². The van der Waals surface area contributed by atoms with Crippen LogP contribution in [0.15, 0.2) is 60.7 Å². The number of ether oxygens (including phenoxy) is 1. The first-order valence-corrected chi connectivity index (χ1v) is 9.27. The van der Waals surface area contributed by atoms with Gasteiger partial charge in [0.25, 0.3) is 0 Å². The number of alkyl halides is 3. The van der Waals surface area contributed by atoms with Crippen LogP contribution < -0.4 is 4.74 Å². The van der Waals surface area contributed by atoms with Gasteiger partial charge in [0.05, 0.1) is 5.56 Å². The second kappa shape index (κ2) is 8.95. The SMILES string of the molecule is Cc1ccc(COc2cc(C=Cc3cccc(C(F)(F)F)c3)cc(C(=O)O)c2O)cc1. The molecule has 0 aliphatic heterocycles. The van der Waals surface area contributed by atoms with Gasteiger partial charge in [-0.3, -0.25) is 0 Å². The molecule has 0 atom stereocenters. The van der Waals surface area contributed by atoms with Gasteiger partial charge in [-0.25, -0.2) is 4.79 Å². The fraction of sp³-hybridized carbons (Fsp3) is 0.125. The number of carboxylic acids is 1. The molecule has 0 saturated carbocycles. The summed E-state index contributed by atoms with van der Waals surface area (Å²) in [4.78, 5) is 11.5. The predicted molar refractivity (Wildman–Crippen MR) is 111 cm³/mol. The van der Waals surface area contributed by atoms with Crippen molar-refractivity contribution < 1.29 is 32.9 Å². The molecule has 0 aliphatic rings. The molecule has 160 valence electrons. The zero-order valence-electron chi connectivity index (χ0n) is 16.5. The Morgan fingerprint density at radius 2 is 1.68 bits per heavy atom. The minimum atomic E-state index is -4.46. The van der Waals surface area contributed by atoms with Crippen LogP contribution in [-0.2, 0) is 12.8 Å². The van der Waals surface area contributed by atoms with Gasteiger partial charge < -0.3 is 14.9 Å². The highest BCUT2D eigenvalue weighted by atomic mass is 19.4. The van der Waals surface area contributed by atoms with Gasteiger partial charge in [0.2, 0.25) is 0 Å². The van der Waals surface area contributed by atoms with Crippen LogP contribution in [-0.4, -0.2) is 16.2 Å². The molecule has 7 heteroatoms. The quantitative estimate of drug-likeness (QED) is 0.461. The van der Waals surface area contributed by atoms with E-state index in [-0.39, 0.29) is 17.9 Å². The van der Waals surface area contributed by atoms with Crippen LogP contribution in [0.4, 0.5) is 13.2 Å². The normalized spacial score (nSPS) is 11.6. The van der Waals surface area contributed by atoms with Gasteiger partial charge in [0.1, 0.15) is 12.2 Å². The summed E-state index contributed by atoms with van der Waals surface area (Å²) in [6, 6.07) is 14.9. The number of aromatic carboxylic acids is 1. The van der Waals surface area contributed by atoms with Crippen molar-refractivity contribution in [2.75, 3.05) is 0 Å². The van der Waals surface area contributed by atoms with E-state index in [4.69, 9.17) is 4.74 Å². The Kier molecular flexibility index (Phi) is 6.34. The number of rotatable bonds is 6. The lowest BCUT2D eigenvalue weighted by Crippen LogP contribution is -2.04. The first-order valence-electron chi connectivity index (χ1n) is 9.27. The van der Waals surface area contributed by atoms with E-state index in [0.29, 0.717) is 11.1 Å². The molecule has 2 N–H and O–H groups in total. The fourth-order valence-electron chi connectivity index (χ4n) is 2.85. The highest BCUT2D eigenvalue weighted by Crippen LogP contribution is 2.34. The molecule has 0 aliphatic carbocycles. The van der Waals surface area contributed by atoms with Crippen LogP contribution in [0.1, 0.15) is 38.2 Å². The molecule has 3 rings (SSSR count). The van der Waals surface area contributed by atoms with Crippen molar-refractivity contribution in [2.45, 2.75) is 19.7 Å². The van der Waals surface area contributed by atoms with Crippen molar-refractivity contribution in [3.8, 4) is 11.5 Å². The summed E-state index contributed by atoms with van der Waals surface area (Å²) in [6.07, 6.45) is -1.58. The van der Waals surface area contributed by atoms with Crippen molar-refractivity contribution in [3.63, 3.8) is 0 Å². The van der Waals surface area contributed by atoms with Crippen LogP contribution in [0.25, 0.3) is 12.2 Å². The summed E-state index contributed by atoms with van der Waals surface area (Å²) >= 11 is 0. The van der Waals surface area contributed by atoms with Crippen molar-refractivity contribution in [1.82, 2.24) is 0 Å². The van der Waals surface area contributed by atoms with Crippen LogP contribution in [0.5, 0.6) is 11.5 Å². The van der Waals surface area contributed by atoms with E-state index in [1.807, 2.05) is 31.2 Å². The van der Waals surface area contributed by atoms with Crippen molar-refractivity contribution in [3.05, 3.63) is 94.0 Å². The largest absolute Gasteiger partial charge is 0.504 e. The topological polar surface area (TPSA) is 66.8 Å². The van der Waals surface area contributed by atoms with E-state index >= 15 is 0 Å². The molecule has 3 aromatic rings. The molecular formula is C24H19F3O4. The van der Waals surface area contributed by atoms with Gasteiger partial charge >= 0.3 is 12.1 Å². The molecule has 3 aromatic carbocycles. The number of carbonyl (C=O) groups is 1. The van der Waals surface area contributed by atoms with Gasteiger partial charge in [-0.2, -0.15) is 13.2 Å². The minimum absolute atomic E-state index is 0.0378. The number of aromatic hydroxyl groups is 1. The minimum Gasteiger partial charge on any atom is -0.504 e. The van der Waals surface area contributed by atoms with E-state index in [0.717, 1.165) is 23.3 Å². The standard InChI is InChI=1S/C24H19F3O4/c1-15-5-7-17(8-6-15)14-31-21-13-18(12-20(22(21)28)23(29)30)10-9-16-3-2-4-19(11-16)24(25,26)27/h2-13,28H,14H2,1H3,(H,29,30). The number of aryl methyl sites for hydroxylation is 1. The first kappa shape index (κ1) is 22.0. The van der Waals surface area contributed by atoms with Crippen molar-refractivity contribution >= 4 is 18.1 Å². The Balaban J connectivity index is 1.89. The van der Waals surface area contributed by atoms with Crippen LogP contribution in [0.3, 0.4) is 0 Å². The first-order chi connectivity index (χ1) is 14.6. The molecule has 0 unspecified atom stereocenters. The van der Waals surface area contributed by atoms with Crippen molar-refractivity contribution in [2.24, 2.45) is 0 Å². The van der Waals surface area contributed by atoms with Gasteiger partial charge in [-0.15, -0.1) is 0 Å². The molecule has 0 aromatic heterocycles. The third-order valence-corrected chi connectivity index (χ3v) is 4.52. The van der Waals surface area contributed by atoms with E-state index in [1.165, 1.54) is 36.4 Å². The maximum atomic E-state index is 12.9. The molecule has 31 heavy (non-hydrogen) atoms. The third-order valence-electron chi connectivity index (χ3n) is 4.52. The Bertz CT molecular complexity index is 1120. The summed E-state index contributed by atoms with van der Waals surface area (Å²) in [5, 5.41) is 19.6. The molecule has 0 fully saturated rings. The molecule has 0 spiro atoms. The molecule has 0 bridgehead atoms. The Morgan fingerprint density at radius 3 is 2.32 bits per heavy atom. The molecule has 0 amide bonds. The number of halogens is 3.